The Morgan fingerprint density at radius 1 is 1.17 bits per heavy atom. The van der Waals surface area contributed by atoms with Crippen LogP contribution in [0, 0.1) is 0 Å². The average molecular weight is 328 g/mol. The molecule has 26 valence electrons. The normalized spacial score (nSPS) is 4.00. The van der Waals surface area contributed by atoms with Crippen LogP contribution in [0.25, 0.3) is 0 Å². The molecule has 0 unspecified atom stereocenters. The van der Waals surface area contributed by atoms with E-state index >= 15 is 0 Å². The molecule has 0 aromatic heterocycles. The Balaban J connectivity index is -0.0000000450. The fourth-order valence-electron chi connectivity index (χ4n) is 0. The third-order valence-corrected chi connectivity index (χ3v) is 0. The summed E-state index contributed by atoms with van der Waals surface area (Å²) in [5.74, 6) is 0. The first-order valence-corrected chi connectivity index (χ1v) is 0.651. The van der Waals surface area contributed by atoms with E-state index in [-0.39, 0.29) is 138 Å². The molecule has 2 N–H and O–H groups in total. The molecule has 0 aliphatic carbocycles. The van der Waals surface area contributed by atoms with Gasteiger partial charge in [-0.1, -0.05) is 0 Å². The maximum Gasteiger partial charge on any atom is 0.503 e. The van der Waals surface area contributed by atoms with Gasteiger partial charge in [0.15, 0.2) is 0 Å². The first kappa shape index (κ1) is 16.2. The van der Waals surface area contributed by atoms with Crippen molar-refractivity contribution >= 4 is 144 Å². The van der Waals surface area contributed by atoms with Crippen LogP contribution >= 0.6 is 0 Å². The van der Waals surface area contributed by atoms with Crippen LogP contribution in [0.4, 0.5) is 4.79 Å². The summed E-state index contributed by atoms with van der Waals surface area (Å²) in [6, 6.07) is 0. The Kier molecular flexibility index (Phi) is 30.2. The van der Waals surface area contributed by atoms with Gasteiger partial charge in [-0.05, 0) is 0 Å². The van der Waals surface area contributed by atoms with Crippen LogP contribution in [0.3, 0.4) is 0 Å². The summed E-state index contributed by atoms with van der Waals surface area (Å²) in [5, 5.41) is 13.9. The molecule has 0 bridgehead atoms. The summed E-state index contributed by atoms with van der Waals surface area (Å²) in [6.07, 6.45) is -1.83. The smallest absolute Gasteiger partial charge is 0.450 e. The molecule has 6 heavy (non-hydrogen) atoms. The third-order valence-electron chi connectivity index (χ3n) is 0. The number of hydrogen-bond donors (Lipinski definition) is 2. The predicted octanol–water partition coefficient (Wildman–Crippen LogP) is -0.539. The van der Waals surface area contributed by atoms with Crippen LogP contribution in [0.2, 0.25) is 0 Å². The SMILES string of the molecule is O=C(O)O.[Cs].[Cs]. The zero-order valence-electron chi connectivity index (χ0n) is 3.80. The van der Waals surface area contributed by atoms with Crippen molar-refractivity contribution in [3.05, 3.63) is 0 Å². The Morgan fingerprint density at radius 3 is 1.17 bits per heavy atom. The molecule has 3 nitrogen and oxygen atoms in total. The molecule has 0 aliphatic rings. The second-order valence-electron chi connectivity index (χ2n) is 0.283. The Labute approximate surface area is 153 Å². The number of rotatable bonds is 0. The largest absolute Gasteiger partial charge is 0.503 e. The van der Waals surface area contributed by atoms with Crippen LogP contribution < -0.4 is 0 Å². The molecule has 0 aromatic rings. The van der Waals surface area contributed by atoms with Crippen molar-refractivity contribution < 1.29 is 15.0 Å². The second kappa shape index (κ2) is 11.2. The van der Waals surface area contributed by atoms with E-state index in [1.165, 1.54) is 0 Å². The Hall–Kier alpha value is 3.37. The van der Waals surface area contributed by atoms with Gasteiger partial charge in [-0.2, -0.15) is 0 Å². The monoisotopic (exact) mass is 328 g/mol. The summed E-state index contributed by atoms with van der Waals surface area (Å²) >= 11 is 0. The first-order valence-electron chi connectivity index (χ1n) is 0.651. The summed E-state index contributed by atoms with van der Waals surface area (Å²) in [6.45, 7) is 0. The fraction of sp³-hybridized carbons (Fsp3) is 0. The molecule has 0 aliphatic heterocycles. The van der Waals surface area contributed by atoms with Crippen molar-refractivity contribution in [1.29, 1.82) is 0 Å². The topological polar surface area (TPSA) is 57.5 Å². The summed E-state index contributed by atoms with van der Waals surface area (Å²) in [7, 11) is 0. The van der Waals surface area contributed by atoms with Gasteiger partial charge in [-0.3, -0.25) is 0 Å². The molecule has 2 radical (unpaired) electrons. The van der Waals surface area contributed by atoms with Gasteiger partial charge >= 0.3 is 6.16 Å². The maximum absolute atomic E-state index is 8.56. The summed E-state index contributed by atoms with van der Waals surface area (Å²) < 4.78 is 0. The minimum absolute atomic E-state index is 0. The van der Waals surface area contributed by atoms with Crippen LogP contribution in [-0.2, 0) is 0 Å². The van der Waals surface area contributed by atoms with E-state index < -0.39 is 6.16 Å². The fourth-order valence-corrected chi connectivity index (χ4v) is 0. The number of carboxylic acid groups (broad SMARTS) is 2. The van der Waals surface area contributed by atoms with Gasteiger partial charge in [0.25, 0.3) is 0 Å². The van der Waals surface area contributed by atoms with E-state index in [2.05, 4.69) is 0 Å². The molecule has 0 aromatic carbocycles. The van der Waals surface area contributed by atoms with Crippen molar-refractivity contribution in [2.24, 2.45) is 0 Å². The zero-order valence-corrected chi connectivity index (χ0v) is 16.4. The van der Waals surface area contributed by atoms with Crippen molar-refractivity contribution in [3.63, 3.8) is 0 Å². The zero-order chi connectivity index (χ0) is 3.58. The van der Waals surface area contributed by atoms with Gasteiger partial charge in [-0.15, -0.1) is 0 Å². The molecule has 0 fully saturated rings. The standard InChI is InChI=1S/CH2O3.2Cs/c2-1(3)4;;/h(H2,2,3,4);;. The molecular formula is CH2Cs2O3. The van der Waals surface area contributed by atoms with Crippen LogP contribution in [0.1, 0.15) is 0 Å². The van der Waals surface area contributed by atoms with E-state index in [1.807, 2.05) is 0 Å². The van der Waals surface area contributed by atoms with E-state index in [0.29, 0.717) is 0 Å². The minimum Gasteiger partial charge on any atom is -0.450 e. The van der Waals surface area contributed by atoms with Crippen molar-refractivity contribution in [1.82, 2.24) is 0 Å². The quantitative estimate of drug-likeness (QED) is 0.628. The molecule has 5 heteroatoms. The summed E-state index contributed by atoms with van der Waals surface area (Å²) in [4.78, 5) is 8.56. The van der Waals surface area contributed by atoms with Crippen molar-refractivity contribution in [2.45, 2.75) is 0 Å². The van der Waals surface area contributed by atoms with Gasteiger partial charge in [-0.25, -0.2) is 4.79 Å². The molecular weight excluding hydrogens is 326 g/mol. The minimum atomic E-state index is -1.83. The second-order valence-corrected chi connectivity index (χ2v) is 0.283. The first-order chi connectivity index (χ1) is 1.73. The van der Waals surface area contributed by atoms with E-state index in [9.17, 15) is 0 Å². The van der Waals surface area contributed by atoms with Gasteiger partial charge in [0.05, 0.1) is 0 Å². The van der Waals surface area contributed by atoms with Gasteiger partial charge in [0.1, 0.15) is 0 Å². The predicted molar refractivity (Wildman–Crippen MR) is 22.2 cm³/mol. The molecule has 0 saturated carbocycles. The van der Waals surface area contributed by atoms with Gasteiger partial charge in [0.2, 0.25) is 0 Å². The van der Waals surface area contributed by atoms with Crippen LogP contribution in [0.15, 0.2) is 0 Å². The number of hydrogen-bond acceptors (Lipinski definition) is 1. The molecule has 0 amide bonds. The van der Waals surface area contributed by atoms with E-state index in [1.54, 1.807) is 0 Å². The molecule has 0 heterocycles. The van der Waals surface area contributed by atoms with E-state index in [4.69, 9.17) is 15.0 Å². The third kappa shape index (κ3) is 26.3. The van der Waals surface area contributed by atoms with Crippen molar-refractivity contribution in [2.75, 3.05) is 0 Å². The Morgan fingerprint density at radius 2 is 1.17 bits per heavy atom. The average Bonchev–Trinajstić information content (AvgIpc) is 0.811. The van der Waals surface area contributed by atoms with Gasteiger partial charge < -0.3 is 10.2 Å². The number of carbonyl (C=O) groups is 1. The molecule has 0 spiro atoms. The maximum atomic E-state index is 8.56. The Bertz CT molecular complexity index is 31.8. The van der Waals surface area contributed by atoms with E-state index in [0.717, 1.165) is 0 Å². The van der Waals surface area contributed by atoms with Crippen LogP contribution in [0.5, 0.6) is 0 Å². The van der Waals surface area contributed by atoms with Crippen LogP contribution in [-0.4, -0.2) is 154 Å². The molecule has 0 atom stereocenters. The molecule has 0 rings (SSSR count). The molecule has 0 saturated heterocycles. The van der Waals surface area contributed by atoms with Crippen molar-refractivity contribution in [3.8, 4) is 0 Å². The van der Waals surface area contributed by atoms with Gasteiger partial charge in [0, 0.05) is 138 Å². The summed E-state index contributed by atoms with van der Waals surface area (Å²) in [5.41, 5.74) is 0.